The van der Waals surface area contributed by atoms with Crippen molar-refractivity contribution in [3.05, 3.63) is 69.8 Å². The molecule has 1 aliphatic heterocycles. The third-order valence-electron chi connectivity index (χ3n) is 5.78. The number of carboxylic acid groups (broad SMARTS) is 1. The number of carbonyl (C=O) groups is 1. The molecule has 162 valence electrons. The smallest absolute Gasteiger partial charge is 0.341 e. The molecule has 2 aromatic carbocycles. The highest BCUT2D eigenvalue weighted by Crippen LogP contribution is 2.31. The van der Waals surface area contributed by atoms with Gasteiger partial charge in [0.15, 0.2) is 0 Å². The van der Waals surface area contributed by atoms with Crippen molar-refractivity contribution < 1.29 is 23.1 Å². The maximum absolute atomic E-state index is 15.0. The summed E-state index contributed by atoms with van der Waals surface area (Å²) in [4.78, 5) is 26.0. The van der Waals surface area contributed by atoms with Gasteiger partial charge in [-0.1, -0.05) is 0 Å². The Morgan fingerprint density at radius 3 is 2.48 bits per heavy atom. The van der Waals surface area contributed by atoms with Crippen LogP contribution in [0, 0.1) is 23.4 Å². The molecule has 1 fully saturated rings. The second kappa shape index (κ2) is 7.73. The molecule has 0 radical (unpaired) electrons. The molecule has 3 N–H and O–H groups in total. The van der Waals surface area contributed by atoms with Crippen LogP contribution in [0.25, 0.3) is 16.6 Å². The molecule has 0 unspecified atom stereocenters. The van der Waals surface area contributed by atoms with Crippen LogP contribution in [-0.2, 0) is 0 Å². The summed E-state index contributed by atoms with van der Waals surface area (Å²) in [5, 5.41) is 9.19. The van der Waals surface area contributed by atoms with E-state index in [2.05, 4.69) is 0 Å². The fraction of sp³-hybridized carbons (Fsp3) is 0.273. The van der Waals surface area contributed by atoms with Crippen LogP contribution in [0.4, 0.5) is 18.9 Å². The maximum Gasteiger partial charge on any atom is 0.341 e. The molecule has 0 bridgehead atoms. The molecule has 6 nitrogen and oxygen atoms in total. The van der Waals surface area contributed by atoms with Gasteiger partial charge in [-0.05, 0) is 43.5 Å². The van der Waals surface area contributed by atoms with Crippen molar-refractivity contribution in [3.8, 4) is 5.69 Å². The van der Waals surface area contributed by atoms with Crippen molar-refractivity contribution in [2.45, 2.75) is 19.4 Å². The average Bonchev–Trinajstić information content (AvgIpc) is 3.19. The number of benzene rings is 2. The highest BCUT2D eigenvalue weighted by Gasteiger charge is 2.28. The Labute approximate surface area is 175 Å². The molecule has 2 heterocycles. The molecule has 31 heavy (non-hydrogen) atoms. The van der Waals surface area contributed by atoms with E-state index in [0.717, 1.165) is 35.4 Å². The highest BCUT2D eigenvalue weighted by molar-refractivity contribution is 5.94. The Morgan fingerprint density at radius 1 is 1.16 bits per heavy atom. The van der Waals surface area contributed by atoms with Gasteiger partial charge in [-0.3, -0.25) is 4.79 Å². The van der Waals surface area contributed by atoms with E-state index in [1.165, 1.54) is 6.07 Å². The SMILES string of the molecule is C[C@H](N)[C@@H]1CCN(c2cc3c(cc2F)c(=O)c(C(=O)O)cn3-c2ccc(F)cc2F)C1. The predicted molar refractivity (Wildman–Crippen MR) is 110 cm³/mol. The third kappa shape index (κ3) is 3.65. The fourth-order valence-electron chi connectivity index (χ4n) is 4.04. The van der Waals surface area contributed by atoms with Gasteiger partial charge in [-0.15, -0.1) is 0 Å². The number of aromatic carboxylic acids is 1. The van der Waals surface area contributed by atoms with Gasteiger partial charge >= 0.3 is 5.97 Å². The Kier molecular flexibility index (Phi) is 5.22. The maximum atomic E-state index is 15.0. The Morgan fingerprint density at radius 2 is 1.87 bits per heavy atom. The highest BCUT2D eigenvalue weighted by atomic mass is 19.1. The Balaban J connectivity index is 1.98. The number of hydrogen-bond acceptors (Lipinski definition) is 4. The van der Waals surface area contributed by atoms with Gasteiger partial charge in [0.1, 0.15) is 23.0 Å². The van der Waals surface area contributed by atoms with E-state index in [4.69, 9.17) is 5.73 Å². The van der Waals surface area contributed by atoms with Crippen molar-refractivity contribution in [1.29, 1.82) is 0 Å². The van der Waals surface area contributed by atoms with Crippen LogP contribution in [0.5, 0.6) is 0 Å². The minimum absolute atomic E-state index is 0.0712. The number of pyridine rings is 1. The minimum atomic E-state index is -1.54. The van der Waals surface area contributed by atoms with Gasteiger partial charge in [0.05, 0.1) is 16.9 Å². The number of carboxylic acids is 1. The molecule has 2 atom stereocenters. The van der Waals surface area contributed by atoms with E-state index in [0.29, 0.717) is 19.2 Å². The van der Waals surface area contributed by atoms with Gasteiger partial charge in [0.2, 0.25) is 5.43 Å². The second-order valence-electron chi connectivity index (χ2n) is 7.82. The first-order valence-corrected chi connectivity index (χ1v) is 9.75. The lowest BCUT2D eigenvalue weighted by atomic mass is 10.0. The Bertz CT molecular complexity index is 1260. The summed E-state index contributed by atoms with van der Waals surface area (Å²) in [5.41, 5.74) is 4.58. The second-order valence-corrected chi connectivity index (χ2v) is 7.82. The van der Waals surface area contributed by atoms with Crippen LogP contribution < -0.4 is 16.1 Å². The topological polar surface area (TPSA) is 88.6 Å². The van der Waals surface area contributed by atoms with E-state index >= 15 is 0 Å². The first kappa shape index (κ1) is 20.9. The first-order valence-electron chi connectivity index (χ1n) is 9.75. The van der Waals surface area contributed by atoms with E-state index in [1.54, 1.807) is 4.90 Å². The van der Waals surface area contributed by atoms with Crippen LogP contribution in [0.15, 0.2) is 41.3 Å². The molecule has 4 rings (SSSR count). The molecule has 0 saturated carbocycles. The first-order chi connectivity index (χ1) is 14.7. The number of aromatic nitrogens is 1. The zero-order chi connectivity index (χ0) is 22.4. The summed E-state index contributed by atoms with van der Waals surface area (Å²) >= 11 is 0. The lowest BCUT2D eigenvalue weighted by molar-refractivity contribution is 0.0695. The Hall–Kier alpha value is -3.33. The monoisotopic (exact) mass is 431 g/mol. The van der Waals surface area contributed by atoms with Crippen LogP contribution in [0.2, 0.25) is 0 Å². The summed E-state index contributed by atoms with van der Waals surface area (Å²) < 4.78 is 44.1. The van der Waals surface area contributed by atoms with Crippen LogP contribution in [0.1, 0.15) is 23.7 Å². The summed E-state index contributed by atoms with van der Waals surface area (Å²) in [7, 11) is 0. The predicted octanol–water partition coefficient (Wildman–Crippen LogP) is 3.28. The van der Waals surface area contributed by atoms with E-state index in [1.807, 2.05) is 6.92 Å². The lowest BCUT2D eigenvalue weighted by Gasteiger charge is -2.22. The number of rotatable bonds is 4. The zero-order valence-corrected chi connectivity index (χ0v) is 16.6. The van der Waals surface area contributed by atoms with Crippen molar-refractivity contribution >= 4 is 22.6 Å². The molecule has 1 saturated heterocycles. The molecule has 1 aliphatic rings. The van der Waals surface area contributed by atoms with Crippen LogP contribution in [0.3, 0.4) is 0 Å². The summed E-state index contributed by atoms with van der Waals surface area (Å²) in [6.07, 6.45) is 1.74. The molecule has 0 spiro atoms. The summed E-state index contributed by atoms with van der Waals surface area (Å²) in [5.74, 6) is -3.82. The van der Waals surface area contributed by atoms with Gasteiger partial charge in [-0.2, -0.15) is 0 Å². The van der Waals surface area contributed by atoms with Crippen molar-refractivity contribution in [3.63, 3.8) is 0 Å². The van der Waals surface area contributed by atoms with Gasteiger partial charge in [0, 0.05) is 36.8 Å². The number of hydrogen-bond donors (Lipinski definition) is 2. The summed E-state index contributed by atoms with van der Waals surface area (Å²) in [6, 6.07) is 5.09. The van der Waals surface area contributed by atoms with Crippen molar-refractivity contribution in [2.75, 3.05) is 18.0 Å². The fourth-order valence-corrected chi connectivity index (χ4v) is 4.04. The van der Waals surface area contributed by atoms with E-state index in [9.17, 15) is 27.9 Å². The van der Waals surface area contributed by atoms with Crippen molar-refractivity contribution in [2.24, 2.45) is 11.7 Å². The van der Waals surface area contributed by atoms with Crippen molar-refractivity contribution in [1.82, 2.24) is 4.57 Å². The van der Waals surface area contributed by atoms with Gasteiger partial charge in [0.25, 0.3) is 0 Å². The van der Waals surface area contributed by atoms with Crippen LogP contribution in [-0.4, -0.2) is 34.8 Å². The van der Waals surface area contributed by atoms with E-state index in [-0.39, 0.29) is 34.2 Å². The minimum Gasteiger partial charge on any atom is -0.477 e. The quantitative estimate of drug-likeness (QED) is 0.662. The average molecular weight is 431 g/mol. The number of anilines is 1. The third-order valence-corrected chi connectivity index (χ3v) is 5.78. The van der Waals surface area contributed by atoms with E-state index < -0.39 is 34.4 Å². The normalized spacial score (nSPS) is 17.3. The number of nitrogens with two attached hydrogens (primary N) is 1. The van der Waals surface area contributed by atoms with Crippen LogP contribution >= 0.6 is 0 Å². The number of halogens is 3. The molecule has 3 aromatic rings. The lowest BCUT2D eigenvalue weighted by Crippen LogP contribution is -2.30. The zero-order valence-electron chi connectivity index (χ0n) is 16.6. The molecular weight excluding hydrogens is 411 g/mol. The molecule has 0 amide bonds. The largest absolute Gasteiger partial charge is 0.477 e. The molecule has 1 aromatic heterocycles. The number of fused-ring (bicyclic) bond motifs is 1. The molecule has 0 aliphatic carbocycles. The van der Waals surface area contributed by atoms with Gasteiger partial charge in [-0.25, -0.2) is 18.0 Å². The number of nitrogens with zero attached hydrogens (tertiary/aromatic N) is 2. The summed E-state index contributed by atoms with van der Waals surface area (Å²) in [6.45, 7) is 2.95. The molecule has 9 heteroatoms. The molecular formula is C22H20F3N3O3. The van der Waals surface area contributed by atoms with Gasteiger partial charge < -0.3 is 20.3 Å². The standard InChI is InChI=1S/C22H20F3N3O3/c1-11(26)12-4-5-27(9-12)20-8-19-14(7-17(20)25)21(29)15(22(30)31)10-28(19)18-3-2-13(23)6-16(18)24/h2-3,6-8,10-12H,4-5,9,26H2,1H3,(H,30,31)/t11-,12+/m0/s1.